The van der Waals surface area contributed by atoms with E-state index in [1.165, 1.54) is 6.33 Å². The van der Waals surface area contributed by atoms with E-state index in [-0.39, 0.29) is 25.9 Å². The Kier molecular flexibility index (Phi) is 3.85. The van der Waals surface area contributed by atoms with Crippen molar-refractivity contribution in [3.8, 4) is 22.5 Å². The summed E-state index contributed by atoms with van der Waals surface area (Å²) in [5, 5.41) is 8.37. The molecule has 1 aliphatic heterocycles. The Morgan fingerprint density at radius 3 is 2.68 bits per heavy atom. The molecular formula is C20H17F2N5O. The Morgan fingerprint density at radius 2 is 1.89 bits per heavy atom. The highest BCUT2D eigenvalue weighted by Gasteiger charge is 2.34. The van der Waals surface area contributed by atoms with E-state index in [9.17, 15) is 8.78 Å². The summed E-state index contributed by atoms with van der Waals surface area (Å²) in [6, 6.07) is 9.69. The number of benzene rings is 1. The van der Waals surface area contributed by atoms with E-state index >= 15 is 0 Å². The number of rotatable bonds is 3. The number of hydrogen-bond acceptors (Lipinski definition) is 5. The molecular weight excluding hydrogens is 364 g/mol. The Balaban J connectivity index is 1.51. The van der Waals surface area contributed by atoms with E-state index in [0.717, 1.165) is 22.0 Å². The van der Waals surface area contributed by atoms with Crippen molar-refractivity contribution in [2.24, 2.45) is 0 Å². The lowest BCUT2D eigenvalue weighted by Crippen LogP contribution is -2.39. The molecule has 28 heavy (non-hydrogen) atoms. The van der Waals surface area contributed by atoms with Gasteiger partial charge in [-0.2, -0.15) is 5.10 Å². The van der Waals surface area contributed by atoms with Gasteiger partial charge in [-0.1, -0.05) is 6.07 Å². The average molecular weight is 381 g/mol. The van der Waals surface area contributed by atoms with Crippen LogP contribution in [0.5, 0.6) is 0 Å². The van der Waals surface area contributed by atoms with Gasteiger partial charge in [-0.15, -0.1) is 0 Å². The molecule has 1 aliphatic rings. The highest BCUT2D eigenvalue weighted by atomic mass is 19.3. The topological polar surface area (TPSA) is 70.8 Å². The first-order valence-electron chi connectivity index (χ1n) is 9.05. The van der Waals surface area contributed by atoms with Gasteiger partial charge in [0.15, 0.2) is 0 Å². The summed E-state index contributed by atoms with van der Waals surface area (Å²) >= 11 is 0. The van der Waals surface area contributed by atoms with E-state index in [1.807, 2.05) is 35.2 Å². The molecule has 1 saturated heterocycles. The van der Waals surface area contributed by atoms with E-state index in [0.29, 0.717) is 17.2 Å². The molecule has 1 N–H and O–H groups in total. The fourth-order valence-corrected chi connectivity index (χ4v) is 3.53. The van der Waals surface area contributed by atoms with Crippen LogP contribution in [0.25, 0.3) is 33.4 Å². The van der Waals surface area contributed by atoms with Gasteiger partial charge in [0.1, 0.15) is 17.8 Å². The Labute approximate surface area is 159 Å². The highest BCUT2D eigenvalue weighted by molar-refractivity contribution is 5.95. The number of H-pyrrole nitrogens is 1. The van der Waals surface area contributed by atoms with Crippen molar-refractivity contribution in [3.05, 3.63) is 49.2 Å². The summed E-state index contributed by atoms with van der Waals surface area (Å²) in [4.78, 5) is 10.5. The molecule has 1 fully saturated rings. The lowest BCUT2D eigenvalue weighted by molar-refractivity contribution is -0.0221. The largest absolute Gasteiger partial charge is 0.472 e. The molecule has 0 atom stereocenters. The molecule has 0 amide bonds. The van der Waals surface area contributed by atoms with Crippen LogP contribution in [0.3, 0.4) is 0 Å². The van der Waals surface area contributed by atoms with Crippen molar-refractivity contribution in [2.75, 3.05) is 18.0 Å². The predicted octanol–water partition coefficient (Wildman–Crippen LogP) is 4.52. The normalized spacial score (nSPS) is 16.6. The lowest BCUT2D eigenvalue weighted by atomic mass is 10.0. The minimum absolute atomic E-state index is 0.161. The van der Waals surface area contributed by atoms with Crippen LogP contribution < -0.4 is 4.90 Å². The van der Waals surface area contributed by atoms with Crippen LogP contribution >= 0.6 is 0 Å². The van der Waals surface area contributed by atoms with Crippen LogP contribution in [0.15, 0.2) is 53.6 Å². The van der Waals surface area contributed by atoms with Crippen LogP contribution in [0.1, 0.15) is 12.8 Å². The third kappa shape index (κ3) is 3.00. The molecule has 0 radical (unpaired) electrons. The molecule has 3 aromatic heterocycles. The van der Waals surface area contributed by atoms with Gasteiger partial charge in [0.2, 0.25) is 0 Å². The first-order chi connectivity index (χ1) is 13.6. The Bertz CT molecular complexity index is 1110. The molecule has 4 heterocycles. The molecule has 1 aromatic carbocycles. The van der Waals surface area contributed by atoms with Gasteiger partial charge < -0.3 is 9.32 Å². The van der Waals surface area contributed by atoms with Crippen molar-refractivity contribution in [1.29, 1.82) is 0 Å². The maximum absolute atomic E-state index is 13.4. The number of aromatic amines is 1. The number of hydrogen-bond donors (Lipinski definition) is 1. The van der Waals surface area contributed by atoms with Crippen LogP contribution in [0, 0.1) is 0 Å². The summed E-state index contributed by atoms with van der Waals surface area (Å²) in [5.74, 6) is -1.95. The number of nitrogens with one attached hydrogen (secondary N) is 1. The SMILES string of the molecule is FC1(F)CCN(c2cc(-c3n[nH]c4ccc(-c5ccoc5)cc34)ncn2)CC1. The van der Waals surface area contributed by atoms with Crippen LogP contribution in [-0.2, 0) is 0 Å². The monoisotopic (exact) mass is 381 g/mol. The zero-order chi connectivity index (χ0) is 19.1. The Morgan fingerprint density at radius 1 is 1.04 bits per heavy atom. The summed E-state index contributed by atoms with van der Waals surface area (Å²) in [5.41, 5.74) is 4.23. The summed E-state index contributed by atoms with van der Waals surface area (Å²) < 4.78 is 32.1. The standard InChI is InChI=1S/C20H17F2N5O/c21-20(22)4-6-27(7-5-20)18-10-17(23-12-24-18)19-15-9-13(14-3-8-28-11-14)1-2-16(15)25-26-19/h1-3,8-12H,4-7H2,(H,25,26). The van der Waals surface area contributed by atoms with Crippen molar-refractivity contribution >= 4 is 16.7 Å². The molecule has 142 valence electrons. The smallest absolute Gasteiger partial charge is 0.251 e. The summed E-state index contributed by atoms with van der Waals surface area (Å²) in [6.07, 6.45) is 4.46. The van der Waals surface area contributed by atoms with Crippen LogP contribution in [-0.4, -0.2) is 39.2 Å². The average Bonchev–Trinajstić information content (AvgIpc) is 3.37. The van der Waals surface area contributed by atoms with E-state index < -0.39 is 5.92 Å². The maximum atomic E-state index is 13.4. The lowest BCUT2D eigenvalue weighted by Gasteiger charge is -2.32. The van der Waals surface area contributed by atoms with Crippen molar-refractivity contribution in [2.45, 2.75) is 18.8 Å². The van der Waals surface area contributed by atoms with Crippen LogP contribution in [0.4, 0.5) is 14.6 Å². The number of nitrogens with zero attached hydrogens (tertiary/aromatic N) is 4. The molecule has 6 nitrogen and oxygen atoms in total. The first-order valence-corrected chi connectivity index (χ1v) is 9.05. The molecule has 0 spiro atoms. The number of aromatic nitrogens is 4. The minimum atomic E-state index is -2.59. The number of halogens is 2. The van der Waals surface area contributed by atoms with Crippen molar-refractivity contribution in [1.82, 2.24) is 20.2 Å². The van der Waals surface area contributed by atoms with Gasteiger partial charge in [0, 0.05) is 42.9 Å². The first kappa shape index (κ1) is 16.9. The second kappa shape index (κ2) is 6.40. The van der Waals surface area contributed by atoms with E-state index in [2.05, 4.69) is 20.2 Å². The quantitative estimate of drug-likeness (QED) is 0.565. The fraction of sp³-hybridized carbons (Fsp3) is 0.250. The molecule has 0 aliphatic carbocycles. The Hall–Kier alpha value is -3.29. The molecule has 0 saturated carbocycles. The minimum Gasteiger partial charge on any atom is -0.472 e. The van der Waals surface area contributed by atoms with Gasteiger partial charge in [-0.3, -0.25) is 5.10 Å². The second-order valence-corrected chi connectivity index (χ2v) is 6.95. The third-order valence-corrected chi connectivity index (χ3v) is 5.13. The third-order valence-electron chi connectivity index (χ3n) is 5.13. The predicted molar refractivity (Wildman–Crippen MR) is 101 cm³/mol. The van der Waals surface area contributed by atoms with Crippen LogP contribution in [0.2, 0.25) is 0 Å². The molecule has 0 bridgehead atoms. The highest BCUT2D eigenvalue weighted by Crippen LogP contribution is 2.33. The zero-order valence-corrected chi connectivity index (χ0v) is 14.9. The molecule has 0 unspecified atom stereocenters. The van der Waals surface area contributed by atoms with E-state index in [4.69, 9.17) is 4.42 Å². The van der Waals surface area contributed by atoms with Gasteiger partial charge in [-0.25, -0.2) is 18.7 Å². The summed E-state index contributed by atoms with van der Waals surface area (Å²) in [7, 11) is 0. The van der Waals surface area contributed by atoms with Crippen molar-refractivity contribution < 1.29 is 13.2 Å². The fourth-order valence-electron chi connectivity index (χ4n) is 3.53. The van der Waals surface area contributed by atoms with Gasteiger partial charge in [-0.05, 0) is 23.8 Å². The molecule has 4 aromatic rings. The number of anilines is 1. The van der Waals surface area contributed by atoms with Crippen molar-refractivity contribution in [3.63, 3.8) is 0 Å². The van der Waals surface area contributed by atoms with E-state index in [1.54, 1.807) is 12.5 Å². The van der Waals surface area contributed by atoms with Gasteiger partial charge in [0.05, 0.1) is 23.7 Å². The second-order valence-electron chi connectivity index (χ2n) is 6.95. The molecule has 8 heteroatoms. The zero-order valence-electron chi connectivity index (χ0n) is 14.9. The van der Waals surface area contributed by atoms with Gasteiger partial charge >= 0.3 is 0 Å². The number of piperidine rings is 1. The van der Waals surface area contributed by atoms with Gasteiger partial charge in [0.25, 0.3) is 5.92 Å². The number of fused-ring (bicyclic) bond motifs is 1. The maximum Gasteiger partial charge on any atom is 0.251 e. The number of alkyl halides is 2. The number of furan rings is 1. The summed E-state index contributed by atoms with van der Waals surface area (Å²) in [6.45, 7) is 0.546. The molecule has 5 rings (SSSR count).